The lowest BCUT2D eigenvalue weighted by atomic mass is 9.86. The van der Waals surface area contributed by atoms with E-state index >= 15 is 0 Å². The van der Waals surface area contributed by atoms with Crippen molar-refractivity contribution in [2.75, 3.05) is 39.9 Å². The summed E-state index contributed by atoms with van der Waals surface area (Å²) in [5.74, 6) is 1.37. The lowest BCUT2D eigenvalue weighted by molar-refractivity contribution is 0.0451. The van der Waals surface area contributed by atoms with Crippen LogP contribution in [-0.2, 0) is 5.41 Å². The Morgan fingerprint density at radius 1 is 0.974 bits per heavy atom. The number of hydrogen-bond acceptors (Lipinski definition) is 6. The van der Waals surface area contributed by atoms with Crippen molar-refractivity contribution in [2.24, 2.45) is 5.92 Å². The van der Waals surface area contributed by atoms with Crippen LogP contribution in [0.25, 0.3) is 10.8 Å². The van der Waals surface area contributed by atoms with Crippen molar-refractivity contribution < 1.29 is 24.2 Å². The van der Waals surface area contributed by atoms with Gasteiger partial charge in [0.25, 0.3) is 11.8 Å². The largest absolute Gasteiger partial charge is 0.497 e. The van der Waals surface area contributed by atoms with E-state index in [1.807, 2.05) is 54.6 Å². The molecule has 0 bridgehead atoms. The molecule has 2 amide bonds. The third-order valence-electron chi connectivity index (χ3n) is 7.90. The lowest BCUT2D eigenvalue weighted by Crippen LogP contribution is -2.46. The van der Waals surface area contributed by atoms with E-state index < -0.39 is 6.10 Å². The number of carbonyl (C=O) groups excluding carboxylic acids is 2. The van der Waals surface area contributed by atoms with E-state index in [-0.39, 0.29) is 29.8 Å². The zero-order chi connectivity index (χ0) is 27.7. The highest BCUT2D eigenvalue weighted by atomic mass is 16.5. The van der Waals surface area contributed by atoms with Gasteiger partial charge in [0.2, 0.25) is 0 Å². The van der Waals surface area contributed by atoms with Gasteiger partial charge in [0.1, 0.15) is 24.2 Å². The van der Waals surface area contributed by atoms with Crippen LogP contribution in [0.4, 0.5) is 0 Å². The number of aliphatic hydroxyl groups excluding tert-OH is 1. The Hall–Kier alpha value is -3.42. The molecule has 39 heavy (non-hydrogen) atoms. The number of methoxy groups -OCH3 is 1. The van der Waals surface area contributed by atoms with Gasteiger partial charge < -0.3 is 19.5 Å². The van der Waals surface area contributed by atoms with Gasteiger partial charge in [-0.05, 0) is 73.0 Å². The van der Waals surface area contributed by atoms with E-state index in [9.17, 15) is 14.7 Å². The maximum atomic E-state index is 13.2. The maximum absolute atomic E-state index is 13.2. The quantitative estimate of drug-likeness (QED) is 0.418. The summed E-state index contributed by atoms with van der Waals surface area (Å²) in [7, 11) is 1.65. The van der Waals surface area contributed by atoms with Crippen molar-refractivity contribution in [3.63, 3.8) is 0 Å². The summed E-state index contributed by atoms with van der Waals surface area (Å²) in [6, 6.07) is 17.0. The molecule has 5 rings (SSSR count). The predicted octanol–water partition coefficient (Wildman–Crippen LogP) is 4.89. The lowest BCUT2D eigenvalue weighted by Gasteiger charge is -2.36. The van der Waals surface area contributed by atoms with Crippen LogP contribution in [0.15, 0.2) is 54.6 Å². The monoisotopic (exact) mass is 530 g/mol. The zero-order valence-electron chi connectivity index (χ0n) is 23.3. The van der Waals surface area contributed by atoms with Crippen LogP contribution >= 0.6 is 0 Å². The molecule has 3 aromatic carbocycles. The van der Waals surface area contributed by atoms with Gasteiger partial charge >= 0.3 is 0 Å². The zero-order valence-corrected chi connectivity index (χ0v) is 23.3. The first kappa shape index (κ1) is 27.2. The summed E-state index contributed by atoms with van der Waals surface area (Å²) in [5.41, 5.74) is 2.13. The highest BCUT2D eigenvalue weighted by Gasteiger charge is 2.35. The number of benzene rings is 3. The molecular formula is C32H38N2O5. The average Bonchev–Trinajstić information content (AvgIpc) is 2.93. The van der Waals surface area contributed by atoms with Crippen LogP contribution in [0.3, 0.4) is 0 Å². The van der Waals surface area contributed by atoms with Gasteiger partial charge in [-0.2, -0.15) is 0 Å². The standard InChI is InChI=1S/C32H38N2O5/c1-32(2,3)27-17-24(38-4)11-12-28(27)39-20-23(35)19-33-15-13-21(14-16-33)18-34-30(36)25-9-5-7-22-8-6-10-26(29(22)25)31(34)37/h5-12,17,21,23,35H,13-16,18-20H2,1-4H3/t23-/m0/s1. The van der Waals surface area contributed by atoms with E-state index in [1.165, 1.54) is 4.90 Å². The van der Waals surface area contributed by atoms with Crippen LogP contribution in [0.2, 0.25) is 0 Å². The fraction of sp³-hybridized carbons (Fsp3) is 0.438. The minimum Gasteiger partial charge on any atom is -0.497 e. The van der Waals surface area contributed by atoms with Gasteiger partial charge in [-0.15, -0.1) is 0 Å². The number of β-amino-alcohol motifs (C(OH)–C–C–N with tert-alkyl or cyclic N) is 1. The van der Waals surface area contributed by atoms with Crippen molar-refractivity contribution in [3.8, 4) is 11.5 Å². The summed E-state index contributed by atoms with van der Waals surface area (Å²) in [6.45, 7) is 9.13. The molecule has 1 N–H and O–H groups in total. The summed E-state index contributed by atoms with van der Waals surface area (Å²) >= 11 is 0. The topological polar surface area (TPSA) is 79.3 Å². The predicted molar refractivity (Wildman–Crippen MR) is 152 cm³/mol. The molecule has 2 heterocycles. The number of rotatable bonds is 8. The van der Waals surface area contributed by atoms with Gasteiger partial charge in [-0.3, -0.25) is 14.5 Å². The summed E-state index contributed by atoms with van der Waals surface area (Å²) in [6.07, 6.45) is 1.10. The second kappa shape index (κ2) is 11.0. The molecule has 7 heteroatoms. The van der Waals surface area contributed by atoms with E-state index in [0.29, 0.717) is 24.2 Å². The van der Waals surface area contributed by atoms with E-state index in [4.69, 9.17) is 9.47 Å². The minimum absolute atomic E-state index is 0.123. The highest BCUT2D eigenvalue weighted by Crippen LogP contribution is 2.35. The Balaban J connectivity index is 1.14. The van der Waals surface area contributed by atoms with Crippen LogP contribution in [0.1, 0.15) is 59.9 Å². The first-order valence-corrected chi connectivity index (χ1v) is 13.8. The van der Waals surface area contributed by atoms with Crippen LogP contribution < -0.4 is 9.47 Å². The fourth-order valence-corrected chi connectivity index (χ4v) is 5.74. The van der Waals surface area contributed by atoms with Crippen molar-refractivity contribution in [1.29, 1.82) is 0 Å². The second-order valence-corrected chi connectivity index (χ2v) is 11.8. The summed E-state index contributed by atoms with van der Waals surface area (Å²) < 4.78 is 11.4. The molecule has 7 nitrogen and oxygen atoms in total. The molecule has 0 unspecified atom stereocenters. The number of ether oxygens (including phenoxy) is 2. The number of hydrogen-bond donors (Lipinski definition) is 1. The molecule has 0 radical (unpaired) electrons. The number of amides is 2. The molecule has 3 aromatic rings. The van der Waals surface area contributed by atoms with Crippen molar-refractivity contribution in [1.82, 2.24) is 9.80 Å². The van der Waals surface area contributed by atoms with Gasteiger partial charge in [0.05, 0.1) is 7.11 Å². The van der Waals surface area contributed by atoms with Crippen molar-refractivity contribution in [3.05, 3.63) is 71.3 Å². The number of carbonyl (C=O) groups is 2. The van der Waals surface area contributed by atoms with Gasteiger partial charge in [0.15, 0.2) is 0 Å². The van der Waals surface area contributed by atoms with Crippen molar-refractivity contribution >= 4 is 22.6 Å². The van der Waals surface area contributed by atoms with Gasteiger partial charge in [-0.1, -0.05) is 45.0 Å². The molecule has 0 aromatic heterocycles. The Bertz CT molecular complexity index is 1320. The third-order valence-corrected chi connectivity index (χ3v) is 7.90. The average molecular weight is 531 g/mol. The Morgan fingerprint density at radius 3 is 2.21 bits per heavy atom. The van der Waals surface area contributed by atoms with Gasteiger partial charge in [0, 0.05) is 35.2 Å². The first-order valence-electron chi connectivity index (χ1n) is 13.8. The van der Waals surface area contributed by atoms with Crippen LogP contribution in [-0.4, -0.2) is 72.7 Å². The summed E-state index contributed by atoms with van der Waals surface area (Å²) in [4.78, 5) is 30.2. The maximum Gasteiger partial charge on any atom is 0.261 e. The normalized spacial score (nSPS) is 17.5. The van der Waals surface area contributed by atoms with Crippen molar-refractivity contribution in [2.45, 2.75) is 45.1 Å². The SMILES string of the molecule is COc1ccc(OC[C@@H](O)CN2CCC(CN3C(=O)c4cccc5cccc(c45)C3=O)CC2)c(C(C)(C)C)c1. The molecule has 0 aliphatic carbocycles. The third kappa shape index (κ3) is 5.65. The first-order chi connectivity index (χ1) is 18.7. The molecule has 0 spiro atoms. The molecule has 1 saturated heterocycles. The summed E-state index contributed by atoms with van der Waals surface area (Å²) in [5, 5.41) is 12.4. The second-order valence-electron chi connectivity index (χ2n) is 11.8. The Labute approximate surface area is 230 Å². The van der Waals surface area contributed by atoms with Crippen LogP contribution in [0.5, 0.6) is 11.5 Å². The molecular weight excluding hydrogens is 492 g/mol. The molecule has 0 saturated carbocycles. The minimum atomic E-state index is -0.626. The molecule has 1 fully saturated rings. The van der Waals surface area contributed by atoms with E-state index in [0.717, 1.165) is 53.8 Å². The smallest absolute Gasteiger partial charge is 0.261 e. The Kier molecular flexibility index (Phi) is 7.65. The number of aliphatic hydroxyl groups is 1. The number of imide groups is 1. The Morgan fingerprint density at radius 2 is 1.62 bits per heavy atom. The fourth-order valence-electron chi connectivity index (χ4n) is 5.74. The number of piperidine rings is 1. The van der Waals surface area contributed by atoms with E-state index in [2.05, 4.69) is 25.7 Å². The molecule has 2 aliphatic rings. The van der Waals surface area contributed by atoms with Gasteiger partial charge in [-0.25, -0.2) is 0 Å². The van der Waals surface area contributed by atoms with E-state index in [1.54, 1.807) is 7.11 Å². The van der Waals surface area contributed by atoms with Crippen LogP contribution in [0, 0.1) is 5.92 Å². The molecule has 1 atom stereocenters. The highest BCUT2D eigenvalue weighted by molar-refractivity contribution is 6.25. The molecule has 2 aliphatic heterocycles. The number of nitrogens with zero attached hydrogens (tertiary/aromatic N) is 2. The number of likely N-dealkylation sites (tertiary alicyclic amines) is 1. The molecule has 206 valence electrons.